The fourth-order valence-electron chi connectivity index (χ4n) is 1.95. The van der Waals surface area contributed by atoms with Crippen LogP contribution in [0.4, 0.5) is 0 Å². The summed E-state index contributed by atoms with van der Waals surface area (Å²) in [4.78, 5) is 0. The number of nitrogens with one attached hydrogen (secondary N) is 1. The van der Waals surface area contributed by atoms with Gasteiger partial charge in [-0.15, -0.1) is 0 Å². The molecule has 0 spiro atoms. The van der Waals surface area contributed by atoms with Crippen LogP contribution in [0.15, 0.2) is 4.52 Å². The van der Waals surface area contributed by atoms with E-state index < -0.39 is 0 Å². The fourth-order valence-corrected chi connectivity index (χ4v) is 2.25. The number of aryl methyl sites for hydroxylation is 1. The summed E-state index contributed by atoms with van der Waals surface area (Å²) in [5, 5.41) is 8.11. The minimum Gasteiger partial charge on any atom is -0.360 e. The van der Waals surface area contributed by atoms with Crippen LogP contribution in [0.25, 0.3) is 0 Å². The van der Waals surface area contributed by atoms with Gasteiger partial charge in [0.1, 0.15) is 10.7 Å². The van der Waals surface area contributed by atoms with Crippen LogP contribution >= 0.6 is 11.6 Å². The van der Waals surface area contributed by atoms with Gasteiger partial charge in [-0.2, -0.15) is 0 Å². The standard InChI is InChI=1S/C10H15ClN2O/c1-7-8(11)9(13-14-7)10(2)3-5-12-6-4-10/h12H,3-6H2,1-2H3. The van der Waals surface area contributed by atoms with Crippen LogP contribution in [0.3, 0.4) is 0 Å². The molecule has 0 amide bonds. The molecule has 4 heteroatoms. The summed E-state index contributed by atoms with van der Waals surface area (Å²) in [5.74, 6) is 0.724. The number of rotatable bonds is 1. The molecule has 1 aliphatic rings. The summed E-state index contributed by atoms with van der Waals surface area (Å²) in [6.07, 6.45) is 2.14. The van der Waals surface area contributed by atoms with E-state index in [1.807, 2.05) is 6.92 Å². The molecule has 1 fully saturated rings. The number of hydrogen-bond donors (Lipinski definition) is 1. The summed E-state index contributed by atoms with van der Waals surface area (Å²) in [6.45, 7) is 6.11. The number of piperidine rings is 1. The second-order valence-corrected chi connectivity index (χ2v) is 4.59. The van der Waals surface area contributed by atoms with Crippen molar-refractivity contribution in [3.05, 3.63) is 16.5 Å². The van der Waals surface area contributed by atoms with Gasteiger partial charge in [-0.05, 0) is 32.9 Å². The lowest BCUT2D eigenvalue weighted by Crippen LogP contribution is -2.38. The lowest BCUT2D eigenvalue weighted by atomic mass is 9.78. The normalized spacial score (nSPS) is 21.1. The molecule has 0 atom stereocenters. The molecule has 0 saturated carbocycles. The first-order valence-corrected chi connectivity index (χ1v) is 5.34. The Balaban J connectivity index is 2.32. The van der Waals surface area contributed by atoms with Gasteiger partial charge in [0.2, 0.25) is 0 Å². The summed E-state index contributed by atoms with van der Waals surface area (Å²) >= 11 is 6.16. The van der Waals surface area contributed by atoms with Crippen LogP contribution in [-0.4, -0.2) is 18.2 Å². The Kier molecular flexibility index (Phi) is 2.54. The predicted molar refractivity (Wildman–Crippen MR) is 55.7 cm³/mol. The number of halogens is 1. The van der Waals surface area contributed by atoms with Gasteiger partial charge in [0.05, 0.1) is 0 Å². The van der Waals surface area contributed by atoms with Gasteiger partial charge in [-0.1, -0.05) is 23.7 Å². The van der Waals surface area contributed by atoms with Crippen LogP contribution < -0.4 is 5.32 Å². The van der Waals surface area contributed by atoms with Crippen molar-refractivity contribution in [2.24, 2.45) is 0 Å². The number of hydrogen-bond acceptors (Lipinski definition) is 3. The third kappa shape index (κ3) is 1.55. The molecule has 1 N–H and O–H groups in total. The van der Waals surface area contributed by atoms with Gasteiger partial charge in [0.25, 0.3) is 0 Å². The summed E-state index contributed by atoms with van der Waals surface area (Å²) in [6, 6.07) is 0. The van der Waals surface area contributed by atoms with E-state index in [0.29, 0.717) is 5.02 Å². The van der Waals surface area contributed by atoms with Crippen molar-refractivity contribution in [3.8, 4) is 0 Å². The Hall–Kier alpha value is -0.540. The minimum absolute atomic E-state index is 0.0834. The van der Waals surface area contributed by atoms with Gasteiger partial charge in [-0.25, -0.2) is 0 Å². The molecule has 0 radical (unpaired) electrons. The molecule has 0 aromatic carbocycles. The van der Waals surface area contributed by atoms with E-state index in [-0.39, 0.29) is 5.41 Å². The van der Waals surface area contributed by atoms with Gasteiger partial charge in [0, 0.05) is 5.41 Å². The molecule has 0 aliphatic carbocycles. The van der Waals surface area contributed by atoms with E-state index in [2.05, 4.69) is 17.4 Å². The molecule has 0 unspecified atom stereocenters. The maximum absolute atomic E-state index is 6.16. The Morgan fingerprint density at radius 3 is 2.57 bits per heavy atom. The summed E-state index contributed by atoms with van der Waals surface area (Å²) in [7, 11) is 0. The second kappa shape index (κ2) is 3.55. The molecule has 1 aromatic heterocycles. The molecule has 2 heterocycles. The largest absolute Gasteiger partial charge is 0.360 e. The first-order chi connectivity index (χ1) is 6.63. The third-order valence-electron chi connectivity index (χ3n) is 3.07. The lowest BCUT2D eigenvalue weighted by molar-refractivity contribution is 0.303. The smallest absolute Gasteiger partial charge is 0.152 e. The molecule has 14 heavy (non-hydrogen) atoms. The monoisotopic (exact) mass is 214 g/mol. The minimum atomic E-state index is 0.0834. The topological polar surface area (TPSA) is 38.1 Å². The third-order valence-corrected chi connectivity index (χ3v) is 3.51. The summed E-state index contributed by atoms with van der Waals surface area (Å²) in [5.41, 5.74) is 1.01. The SMILES string of the molecule is Cc1onc(C2(C)CCNCC2)c1Cl. The van der Waals surface area contributed by atoms with E-state index >= 15 is 0 Å². The zero-order chi connectivity index (χ0) is 10.2. The van der Waals surface area contributed by atoms with E-state index in [1.165, 1.54) is 0 Å². The van der Waals surface area contributed by atoms with Crippen LogP contribution in [0.5, 0.6) is 0 Å². The molecule has 2 rings (SSSR count). The highest BCUT2D eigenvalue weighted by Crippen LogP contribution is 2.37. The Bertz CT molecular complexity index is 329. The van der Waals surface area contributed by atoms with Crippen molar-refractivity contribution in [3.63, 3.8) is 0 Å². The maximum Gasteiger partial charge on any atom is 0.152 e. The molecule has 78 valence electrons. The highest BCUT2D eigenvalue weighted by molar-refractivity contribution is 6.31. The highest BCUT2D eigenvalue weighted by Gasteiger charge is 2.34. The quantitative estimate of drug-likeness (QED) is 0.780. The van der Waals surface area contributed by atoms with E-state index in [9.17, 15) is 0 Å². The number of nitrogens with zero attached hydrogens (tertiary/aromatic N) is 1. The van der Waals surface area contributed by atoms with Crippen molar-refractivity contribution >= 4 is 11.6 Å². The first-order valence-electron chi connectivity index (χ1n) is 4.96. The highest BCUT2D eigenvalue weighted by atomic mass is 35.5. The predicted octanol–water partition coefficient (Wildman–Crippen LogP) is 2.28. The van der Waals surface area contributed by atoms with E-state index in [1.54, 1.807) is 0 Å². The summed E-state index contributed by atoms with van der Waals surface area (Å²) < 4.78 is 5.11. The van der Waals surface area contributed by atoms with Gasteiger partial charge < -0.3 is 9.84 Å². The number of aromatic nitrogens is 1. The Morgan fingerprint density at radius 2 is 2.07 bits per heavy atom. The van der Waals surface area contributed by atoms with Crippen LogP contribution in [0.1, 0.15) is 31.2 Å². The fraction of sp³-hybridized carbons (Fsp3) is 0.700. The van der Waals surface area contributed by atoms with Gasteiger partial charge in [-0.3, -0.25) is 0 Å². The van der Waals surface area contributed by atoms with Gasteiger partial charge in [0.15, 0.2) is 5.76 Å². The van der Waals surface area contributed by atoms with Crippen molar-refractivity contribution in [1.82, 2.24) is 10.5 Å². The Labute approximate surface area is 88.8 Å². The Morgan fingerprint density at radius 1 is 1.43 bits per heavy atom. The van der Waals surface area contributed by atoms with E-state index in [0.717, 1.165) is 37.4 Å². The molecule has 1 saturated heterocycles. The maximum atomic E-state index is 6.16. The van der Waals surface area contributed by atoms with E-state index in [4.69, 9.17) is 16.1 Å². The average molecular weight is 215 g/mol. The molecular weight excluding hydrogens is 200 g/mol. The molecule has 1 aromatic rings. The first kappa shape index (κ1) is 9.99. The van der Waals surface area contributed by atoms with Crippen molar-refractivity contribution in [2.45, 2.75) is 32.1 Å². The van der Waals surface area contributed by atoms with Crippen LogP contribution in [0, 0.1) is 6.92 Å². The van der Waals surface area contributed by atoms with Crippen molar-refractivity contribution in [2.75, 3.05) is 13.1 Å². The second-order valence-electron chi connectivity index (χ2n) is 4.21. The van der Waals surface area contributed by atoms with Crippen molar-refractivity contribution in [1.29, 1.82) is 0 Å². The lowest BCUT2D eigenvalue weighted by Gasteiger charge is -2.32. The van der Waals surface area contributed by atoms with Crippen LogP contribution in [-0.2, 0) is 5.41 Å². The molecular formula is C10H15ClN2O. The zero-order valence-corrected chi connectivity index (χ0v) is 9.32. The molecule has 3 nitrogen and oxygen atoms in total. The molecule has 1 aliphatic heterocycles. The van der Waals surface area contributed by atoms with Crippen molar-refractivity contribution < 1.29 is 4.52 Å². The van der Waals surface area contributed by atoms with Crippen LogP contribution in [0.2, 0.25) is 5.02 Å². The van der Waals surface area contributed by atoms with Gasteiger partial charge >= 0.3 is 0 Å². The average Bonchev–Trinajstić information content (AvgIpc) is 2.49. The zero-order valence-electron chi connectivity index (χ0n) is 8.56. The molecule has 0 bridgehead atoms.